The van der Waals surface area contributed by atoms with E-state index in [0.717, 1.165) is 0 Å². The molecule has 0 spiro atoms. The molecule has 0 aliphatic heterocycles. The Morgan fingerprint density at radius 3 is 1.00 bits per heavy atom. The third-order valence-electron chi connectivity index (χ3n) is 0. The predicted octanol–water partition coefficient (Wildman–Crippen LogP) is -3.12. The fraction of sp³-hybridized carbons (Fsp3) is 0. The molecule has 0 saturated heterocycles. The van der Waals surface area contributed by atoms with Crippen molar-refractivity contribution >= 4 is 0 Å². The molecule has 0 aromatic carbocycles. The van der Waals surface area contributed by atoms with Gasteiger partial charge in [0.05, 0.1) is 0 Å². The van der Waals surface area contributed by atoms with Crippen LogP contribution < -0.4 is 29.6 Å². The Morgan fingerprint density at radius 1 is 1.00 bits per heavy atom. The average molecular weight is 146 g/mol. The molecule has 1 nitrogen and oxygen atoms in total. The first-order valence-corrected chi connectivity index (χ1v) is 0. The van der Waals surface area contributed by atoms with Gasteiger partial charge >= 0.3 is 67.8 Å². The largest absolute Gasteiger partial charge is 4.00 e. The third-order valence-corrected chi connectivity index (χ3v) is 0. The molecule has 0 fully saturated rings. The van der Waals surface area contributed by atoms with Gasteiger partial charge in [0.2, 0.25) is 0 Å². The van der Waals surface area contributed by atoms with Crippen molar-refractivity contribution in [2.24, 2.45) is 0 Å². The van der Waals surface area contributed by atoms with Crippen LogP contribution in [0, 0.1) is 0 Å². The zero-order valence-corrected chi connectivity index (χ0v) is 6.77. The molecule has 0 aliphatic carbocycles. The SMILES string of the molecule is [Na+].[Ni+2].[O-2].[Ti+4]. The summed E-state index contributed by atoms with van der Waals surface area (Å²) in [5.41, 5.74) is 0. The van der Waals surface area contributed by atoms with Gasteiger partial charge in [-0.1, -0.05) is 0 Å². The molecule has 0 rings (SSSR count). The smallest absolute Gasteiger partial charge is 2.00 e. The summed E-state index contributed by atoms with van der Waals surface area (Å²) in [6, 6.07) is 0. The van der Waals surface area contributed by atoms with E-state index in [-0.39, 0.29) is 73.2 Å². The van der Waals surface area contributed by atoms with E-state index in [2.05, 4.69) is 0 Å². The zero-order chi connectivity index (χ0) is 0. The van der Waals surface area contributed by atoms with Crippen molar-refractivity contribution in [3.63, 3.8) is 0 Å². The molecule has 0 radical (unpaired) electrons. The van der Waals surface area contributed by atoms with E-state index in [1.54, 1.807) is 0 Å². The van der Waals surface area contributed by atoms with E-state index in [9.17, 15) is 0 Å². The molecule has 0 atom stereocenters. The van der Waals surface area contributed by atoms with Crippen LogP contribution in [-0.2, 0) is 43.7 Å². The van der Waals surface area contributed by atoms with E-state index in [4.69, 9.17) is 0 Å². The van der Waals surface area contributed by atoms with Crippen LogP contribution in [0.3, 0.4) is 0 Å². The molecule has 0 heterocycles. The molecule has 4 heteroatoms. The van der Waals surface area contributed by atoms with Crippen LogP contribution in [-0.4, -0.2) is 0 Å². The van der Waals surface area contributed by atoms with Gasteiger partial charge in [-0.3, -0.25) is 0 Å². The molecule has 0 aromatic rings. The summed E-state index contributed by atoms with van der Waals surface area (Å²) < 4.78 is 0. The van der Waals surface area contributed by atoms with Crippen LogP contribution in [0.2, 0.25) is 0 Å². The van der Waals surface area contributed by atoms with Gasteiger partial charge in [-0.15, -0.1) is 0 Å². The first kappa shape index (κ1) is 35.1. The van der Waals surface area contributed by atoms with Crippen molar-refractivity contribution in [3.05, 3.63) is 0 Å². The van der Waals surface area contributed by atoms with Crippen LogP contribution in [0.15, 0.2) is 0 Å². The second-order valence-corrected chi connectivity index (χ2v) is 0. The second-order valence-electron chi connectivity index (χ2n) is 0. The Morgan fingerprint density at radius 2 is 1.00 bits per heavy atom. The van der Waals surface area contributed by atoms with E-state index >= 15 is 0 Å². The van der Waals surface area contributed by atoms with Crippen molar-refractivity contribution < 1.29 is 73.2 Å². The number of hydrogen-bond acceptors (Lipinski definition) is 0. The monoisotopic (exact) mass is 145 g/mol. The van der Waals surface area contributed by atoms with Crippen LogP contribution in [0.5, 0.6) is 0 Å². The minimum Gasteiger partial charge on any atom is -2.00 e. The summed E-state index contributed by atoms with van der Waals surface area (Å²) in [5.74, 6) is 0. The van der Waals surface area contributed by atoms with Crippen LogP contribution in [0.1, 0.15) is 0 Å². The van der Waals surface area contributed by atoms with Gasteiger partial charge < -0.3 is 5.48 Å². The molecular formula is NaNiOTi+5. The Labute approximate surface area is 72.3 Å². The third kappa shape index (κ3) is 8.90. The van der Waals surface area contributed by atoms with E-state index in [1.807, 2.05) is 0 Å². The van der Waals surface area contributed by atoms with Gasteiger partial charge in [0.1, 0.15) is 0 Å². The topological polar surface area (TPSA) is 28.5 Å². The summed E-state index contributed by atoms with van der Waals surface area (Å²) in [6.07, 6.45) is 0. The van der Waals surface area contributed by atoms with Gasteiger partial charge in [0.25, 0.3) is 0 Å². The molecule has 0 bridgehead atoms. The summed E-state index contributed by atoms with van der Waals surface area (Å²) >= 11 is 0. The predicted molar refractivity (Wildman–Crippen MR) is 0.686 cm³/mol. The van der Waals surface area contributed by atoms with Crippen LogP contribution in [0.25, 0.3) is 0 Å². The summed E-state index contributed by atoms with van der Waals surface area (Å²) in [5, 5.41) is 0. The zero-order valence-electron chi connectivity index (χ0n) is 2.22. The second kappa shape index (κ2) is 19.1. The first-order chi connectivity index (χ1) is 0. The Hall–Kier alpha value is 2.17. The van der Waals surface area contributed by atoms with E-state index in [0.29, 0.717) is 0 Å². The van der Waals surface area contributed by atoms with Crippen molar-refractivity contribution in [1.29, 1.82) is 0 Å². The molecule has 0 N–H and O–H groups in total. The summed E-state index contributed by atoms with van der Waals surface area (Å²) in [7, 11) is 0. The quantitative estimate of drug-likeness (QED) is 0.323. The molecule has 4 heavy (non-hydrogen) atoms. The van der Waals surface area contributed by atoms with Gasteiger partial charge in [-0.2, -0.15) is 0 Å². The van der Waals surface area contributed by atoms with Crippen LogP contribution in [0.4, 0.5) is 0 Å². The van der Waals surface area contributed by atoms with Gasteiger partial charge in [-0.05, 0) is 0 Å². The van der Waals surface area contributed by atoms with Crippen molar-refractivity contribution in [3.8, 4) is 0 Å². The summed E-state index contributed by atoms with van der Waals surface area (Å²) in [4.78, 5) is 0. The minimum atomic E-state index is 0. The molecule has 16 valence electrons. The van der Waals surface area contributed by atoms with Crippen molar-refractivity contribution in [2.75, 3.05) is 0 Å². The molecule has 0 aromatic heterocycles. The van der Waals surface area contributed by atoms with E-state index < -0.39 is 0 Å². The standard InChI is InChI=1S/Na.Ni.O.Ti/q+1;+2;-2;+4. The maximum absolute atomic E-state index is 0. The van der Waals surface area contributed by atoms with Gasteiger partial charge in [0, 0.05) is 0 Å². The summed E-state index contributed by atoms with van der Waals surface area (Å²) in [6.45, 7) is 0. The Bertz CT molecular complexity index is 8.00. The van der Waals surface area contributed by atoms with Gasteiger partial charge in [0.15, 0.2) is 0 Å². The van der Waals surface area contributed by atoms with Crippen LogP contribution >= 0.6 is 0 Å². The average Bonchev–Trinajstić information content (AvgIpc) is 0. The normalized spacial score (nSPS) is 0. The van der Waals surface area contributed by atoms with E-state index in [1.165, 1.54) is 0 Å². The molecule has 0 saturated carbocycles. The Balaban J connectivity index is 0. The minimum absolute atomic E-state index is 0. The molecule has 0 unspecified atom stereocenters. The maximum Gasteiger partial charge on any atom is 4.00 e. The molecule has 0 amide bonds. The van der Waals surface area contributed by atoms with Crippen molar-refractivity contribution in [2.45, 2.75) is 0 Å². The number of hydrogen-bond donors (Lipinski definition) is 0. The van der Waals surface area contributed by atoms with Gasteiger partial charge in [-0.25, -0.2) is 0 Å². The van der Waals surface area contributed by atoms with Crippen molar-refractivity contribution in [1.82, 2.24) is 0 Å². The fourth-order valence-electron chi connectivity index (χ4n) is 0. The molecule has 0 aliphatic rings. The molecular weight excluding hydrogens is 146 g/mol. The Kier molecular flexibility index (Phi) is 167. The fourth-order valence-corrected chi connectivity index (χ4v) is 0. The number of rotatable bonds is 0. The maximum atomic E-state index is 0. The first-order valence-electron chi connectivity index (χ1n) is 0.